The first-order valence-electron chi connectivity index (χ1n) is 6.87. The van der Waals surface area contributed by atoms with Crippen LogP contribution in [0.15, 0.2) is 52.5 Å². The fraction of sp³-hybridized carbons (Fsp3) is 0.0667. The quantitative estimate of drug-likeness (QED) is 0.569. The van der Waals surface area contributed by atoms with E-state index in [0.29, 0.717) is 5.56 Å². The predicted molar refractivity (Wildman–Crippen MR) is 91.0 cm³/mol. The maximum atomic E-state index is 12.1. The van der Waals surface area contributed by atoms with E-state index in [4.69, 9.17) is 16.7 Å². The van der Waals surface area contributed by atoms with Crippen LogP contribution in [0, 0.1) is 0 Å². The van der Waals surface area contributed by atoms with E-state index in [9.17, 15) is 22.0 Å². The third kappa shape index (κ3) is 5.48. The summed E-state index contributed by atoms with van der Waals surface area (Å²) in [5.74, 6) is -0.710. The Kier molecular flexibility index (Phi) is 6.24. The highest BCUT2D eigenvalue weighted by molar-refractivity contribution is 7.89. The van der Waals surface area contributed by atoms with Crippen LogP contribution in [0.4, 0.5) is 8.78 Å². The molecule has 0 spiro atoms. The smallest absolute Gasteiger partial charge is 0.387 e. The van der Waals surface area contributed by atoms with E-state index in [-0.39, 0.29) is 21.2 Å². The van der Waals surface area contributed by atoms with Gasteiger partial charge >= 0.3 is 6.61 Å². The number of carbonyl (C=O) groups is 1. The van der Waals surface area contributed by atoms with Crippen molar-refractivity contribution in [2.75, 3.05) is 0 Å². The van der Waals surface area contributed by atoms with Gasteiger partial charge in [0.15, 0.2) is 0 Å². The third-order valence-electron chi connectivity index (χ3n) is 2.98. The first-order valence-corrected chi connectivity index (χ1v) is 8.80. The fourth-order valence-corrected chi connectivity index (χ4v) is 2.90. The first kappa shape index (κ1) is 19.8. The normalized spacial score (nSPS) is 11.7. The van der Waals surface area contributed by atoms with Gasteiger partial charge in [-0.1, -0.05) is 11.6 Å². The van der Waals surface area contributed by atoms with Crippen molar-refractivity contribution >= 4 is 33.7 Å². The van der Waals surface area contributed by atoms with Gasteiger partial charge in [0.25, 0.3) is 5.91 Å². The summed E-state index contributed by atoms with van der Waals surface area (Å²) in [5.41, 5.74) is 2.68. The van der Waals surface area contributed by atoms with Gasteiger partial charge in [-0.25, -0.2) is 19.0 Å². The summed E-state index contributed by atoms with van der Waals surface area (Å²) in [7, 11) is -4.08. The number of primary sulfonamides is 1. The molecule has 0 saturated carbocycles. The fourth-order valence-electron chi connectivity index (χ4n) is 1.83. The molecule has 3 N–H and O–H groups in total. The minimum Gasteiger partial charge on any atom is -0.435 e. The Morgan fingerprint density at radius 3 is 2.46 bits per heavy atom. The van der Waals surface area contributed by atoms with Gasteiger partial charge in [0.05, 0.1) is 11.2 Å². The molecule has 0 aliphatic carbocycles. The zero-order valence-corrected chi connectivity index (χ0v) is 14.5. The number of hydrazone groups is 1. The summed E-state index contributed by atoms with van der Waals surface area (Å²) in [6, 6.07) is 9.09. The van der Waals surface area contributed by atoms with E-state index in [1.807, 2.05) is 0 Å². The van der Waals surface area contributed by atoms with Crippen molar-refractivity contribution in [3.8, 4) is 5.75 Å². The SMILES string of the molecule is NS(=O)(=O)c1cc(C(=O)N/N=C\c2ccc(OC(F)F)cc2)ccc1Cl. The van der Waals surface area contributed by atoms with E-state index in [2.05, 4.69) is 15.3 Å². The van der Waals surface area contributed by atoms with Crippen LogP contribution in [0.5, 0.6) is 5.75 Å². The lowest BCUT2D eigenvalue weighted by molar-refractivity contribution is -0.0498. The molecule has 2 aromatic rings. The molecule has 0 radical (unpaired) electrons. The summed E-state index contributed by atoms with van der Waals surface area (Å²) in [5, 5.41) is 8.60. The number of amides is 1. The summed E-state index contributed by atoms with van der Waals surface area (Å²) in [4.78, 5) is 11.6. The van der Waals surface area contributed by atoms with Gasteiger partial charge in [0.1, 0.15) is 10.6 Å². The maximum Gasteiger partial charge on any atom is 0.387 e. The van der Waals surface area contributed by atoms with Crippen molar-refractivity contribution in [3.05, 3.63) is 58.6 Å². The molecule has 0 unspecified atom stereocenters. The highest BCUT2D eigenvalue weighted by Crippen LogP contribution is 2.21. The number of sulfonamides is 1. The highest BCUT2D eigenvalue weighted by Gasteiger charge is 2.16. The zero-order chi connectivity index (χ0) is 19.3. The lowest BCUT2D eigenvalue weighted by Crippen LogP contribution is -2.19. The molecular formula is C15H12ClF2N3O4S. The number of rotatable bonds is 6. The van der Waals surface area contributed by atoms with Crippen molar-refractivity contribution in [2.24, 2.45) is 10.2 Å². The van der Waals surface area contributed by atoms with Crippen molar-refractivity contribution in [1.29, 1.82) is 0 Å². The highest BCUT2D eigenvalue weighted by atomic mass is 35.5. The van der Waals surface area contributed by atoms with Crippen LogP contribution < -0.4 is 15.3 Å². The van der Waals surface area contributed by atoms with Gasteiger partial charge in [0, 0.05) is 5.56 Å². The molecule has 138 valence electrons. The van der Waals surface area contributed by atoms with Crippen molar-refractivity contribution in [1.82, 2.24) is 5.43 Å². The molecule has 0 bridgehead atoms. The predicted octanol–water partition coefficient (Wildman–Crippen LogP) is 2.35. The van der Waals surface area contributed by atoms with Crippen LogP contribution in [0.3, 0.4) is 0 Å². The van der Waals surface area contributed by atoms with Crippen molar-refractivity contribution in [3.63, 3.8) is 0 Å². The van der Waals surface area contributed by atoms with Gasteiger partial charge in [0.2, 0.25) is 10.0 Å². The van der Waals surface area contributed by atoms with Gasteiger partial charge in [-0.2, -0.15) is 13.9 Å². The summed E-state index contributed by atoms with van der Waals surface area (Å²) in [6.07, 6.45) is 1.26. The summed E-state index contributed by atoms with van der Waals surface area (Å²) in [6.45, 7) is -2.92. The molecule has 2 aromatic carbocycles. The molecule has 11 heteroatoms. The number of carbonyl (C=O) groups excluding carboxylic acids is 1. The van der Waals surface area contributed by atoms with E-state index in [1.54, 1.807) is 0 Å². The molecule has 7 nitrogen and oxygen atoms in total. The van der Waals surface area contributed by atoms with E-state index < -0.39 is 22.5 Å². The Morgan fingerprint density at radius 2 is 1.88 bits per heavy atom. The second kappa shape index (κ2) is 8.21. The average Bonchev–Trinajstić information content (AvgIpc) is 2.55. The third-order valence-corrected chi connectivity index (χ3v) is 4.38. The number of nitrogens with zero attached hydrogens (tertiary/aromatic N) is 1. The molecule has 0 aliphatic heterocycles. The van der Waals surface area contributed by atoms with E-state index in [0.717, 1.165) is 6.07 Å². The molecule has 0 saturated heterocycles. The molecule has 0 heterocycles. The van der Waals surface area contributed by atoms with Gasteiger partial charge in [-0.15, -0.1) is 0 Å². The largest absolute Gasteiger partial charge is 0.435 e. The molecule has 0 atom stereocenters. The molecular weight excluding hydrogens is 392 g/mol. The molecule has 26 heavy (non-hydrogen) atoms. The van der Waals surface area contributed by atoms with Crippen LogP contribution in [-0.4, -0.2) is 27.2 Å². The van der Waals surface area contributed by atoms with Gasteiger partial charge in [-0.05, 0) is 48.0 Å². The standard InChI is InChI=1S/C15H12ClF2N3O4S/c16-12-6-3-10(7-13(12)26(19,23)24)14(22)21-20-8-9-1-4-11(5-2-9)25-15(17)18/h1-8,15H,(H,21,22)(H2,19,23,24)/b20-8-. The van der Waals surface area contributed by atoms with Crippen LogP contribution in [0.1, 0.15) is 15.9 Å². The number of alkyl halides is 2. The van der Waals surface area contributed by atoms with Crippen LogP contribution in [0.25, 0.3) is 0 Å². The molecule has 1 amide bonds. The lowest BCUT2D eigenvalue weighted by Gasteiger charge is -2.05. The Morgan fingerprint density at radius 1 is 1.23 bits per heavy atom. The number of ether oxygens (including phenoxy) is 1. The molecule has 2 rings (SSSR count). The first-order chi connectivity index (χ1) is 12.2. The van der Waals surface area contributed by atoms with Crippen LogP contribution in [0.2, 0.25) is 5.02 Å². The Balaban J connectivity index is 2.05. The number of benzene rings is 2. The molecule has 0 aromatic heterocycles. The minimum absolute atomic E-state index is 0.0159. The van der Waals surface area contributed by atoms with Crippen LogP contribution in [-0.2, 0) is 10.0 Å². The van der Waals surface area contributed by atoms with E-state index >= 15 is 0 Å². The zero-order valence-electron chi connectivity index (χ0n) is 12.9. The average molecular weight is 404 g/mol. The lowest BCUT2D eigenvalue weighted by atomic mass is 10.2. The molecule has 0 aliphatic rings. The number of hydrogen-bond acceptors (Lipinski definition) is 5. The minimum atomic E-state index is -4.08. The topological polar surface area (TPSA) is 111 Å². The monoisotopic (exact) mass is 403 g/mol. The second-order valence-corrected chi connectivity index (χ2v) is 6.77. The maximum absolute atomic E-state index is 12.1. The van der Waals surface area contributed by atoms with Crippen molar-refractivity contribution < 1.29 is 26.7 Å². The number of nitrogens with two attached hydrogens (primary N) is 1. The van der Waals surface area contributed by atoms with Gasteiger partial charge < -0.3 is 4.74 Å². The summed E-state index contributed by atoms with van der Waals surface area (Å²) < 4.78 is 51.1. The second-order valence-electron chi connectivity index (χ2n) is 4.84. The summed E-state index contributed by atoms with van der Waals surface area (Å²) >= 11 is 5.74. The van der Waals surface area contributed by atoms with Gasteiger partial charge in [-0.3, -0.25) is 4.79 Å². The van der Waals surface area contributed by atoms with Crippen molar-refractivity contribution in [2.45, 2.75) is 11.5 Å². The molecule has 0 fully saturated rings. The Hall–Kier alpha value is -2.56. The Bertz CT molecular complexity index is 934. The number of nitrogens with one attached hydrogen (secondary N) is 1. The number of hydrogen-bond donors (Lipinski definition) is 2. The Labute approximate surface area is 152 Å². The number of halogens is 3. The van der Waals surface area contributed by atoms with Crippen LogP contribution >= 0.6 is 11.6 Å². The van der Waals surface area contributed by atoms with E-state index in [1.165, 1.54) is 42.6 Å².